The van der Waals surface area contributed by atoms with Crippen molar-refractivity contribution in [2.45, 2.75) is 24.8 Å². The van der Waals surface area contributed by atoms with Gasteiger partial charge in [0.1, 0.15) is 5.82 Å². The maximum absolute atomic E-state index is 14.1. The van der Waals surface area contributed by atoms with Crippen LogP contribution >= 0.6 is 11.6 Å². The number of likely N-dealkylation sites (tertiary alicyclic amines) is 1. The first-order valence-electron chi connectivity index (χ1n) is 7.40. The third-order valence-electron chi connectivity index (χ3n) is 4.20. The van der Waals surface area contributed by atoms with Gasteiger partial charge in [-0.3, -0.25) is 9.59 Å². The zero-order chi connectivity index (χ0) is 17.0. The van der Waals surface area contributed by atoms with Crippen molar-refractivity contribution < 1.29 is 18.7 Å². The van der Waals surface area contributed by atoms with E-state index >= 15 is 0 Å². The fourth-order valence-corrected chi connectivity index (χ4v) is 3.38. The molecule has 1 saturated heterocycles. The smallest absolute Gasteiger partial charge is 0.258 e. The number of ether oxygens (including phenoxy) is 1. The number of carbonyl (C=O) groups is 2. The number of nitrogens with zero attached hydrogens (tertiary/aromatic N) is 1. The fourth-order valence-electron chi connectivity index (χ4n) is 3.13. The van der Waals surface area contributed by atoms with Crippen molar-refractivity contribution in [2.24, 2.45) is 0 Å². The molecule has 2 amide bonds. The Morgan fingerprint density at radius 2 is 2.22 bits per heavy atom. The number of rotatable bonds is 5. The van der Waals surface area contributed by atoms with E-state index in [9.17, 15) is 14.0 Å². The van der Waals surface area contributed by atoms with Crippen LogP contribution in [0.2, 0.25) is 5.02 Å². The van der Waals surface area contributed by atoms with Crippen LogP contribution in [0.25, 0.3) is 0 Å². The highest BCUT2D eigenvalue weighted by molar-refractivity contribution is 6.33. The van der Waals surface area contributed by atoms with Crippen molar-refractivity contribution in [3.05, 3.63) is 34.6 Å². The van der Waals surface area contributed by atoms with Gasteiger partial charge in [-0.25, -0.2) is 4.39 Å². The van der Waals surface area contributed by atoms with E-state index in [-0.39, 0.29) is 29.5 Å². The lowest BCUT2D eigenvalue weighted by Gasteiger charge is -2.37. The van der Waals surface area contributed by atoms with Crippen LogP contribution in [0.4, 0.5) is 4.39 Å². The third-order valence-corrected chi connectivity index (χ3v) is 4.51. The summed E-state index contributed by atoms with van der Waals surface area (Å²) < 4.78 is 19.3. The van der Waals surface area contributed by atoms with Crippen molar-refractivity contribution in [1.29, 1.82) is 0 Å². The number of hydrogen-bond donors (Lipinski definition) is 1. The topological polar surface area (TPSA) is 58.6 Å². The van der Waals surface area contributed by atoms with E-state index in [0.29, 0.717) is 13.0 Å². The van der Waals surface area contributed by atoms with Gasteiger partial charge < -0.3 is 15.0 Å². The molecule has 5 nitrogen and oxygen atoms in total. The summed E-state index contributed by atoms with van der Waals surface area (Å²) in [5, 5.41) is 2.63. The number of halogens is 2. The highest BCUT2D eigenvalue weighted by Crippen LogP contribution is 2.35. The van der Waals surface area contributed by atoms with E-state index in [0.717, 1.165) is 6.42 Å². The average Bonchev–Trinajstić information content (AvgIpc) is 2.90. The molecule has 0 unspecified atom stereocenters. The van der Waals surface area contributed by atoms with Gasteiger partial charge >= 0.3 is 0 Å². The minimum Gasteiger partial charge on any atom is -0.382 e. The molecule has 1 aromatic rings. The number of nitrogens with one attached hydrogen (secondary N) is 1. The maximum atomic E-state index is 14.1. The van der Waals surface area contributed by atoms with Crippen LogP contribution in [0.1, 0.15) is 29.6 Å². The summed E-state index contributed by atoms with van der Waals surface area (Å²) in [6, 6.07) is 4.13. The van der Waals surface area contributed by atoms with Crippen molar-refractivity contribution in [1.82, 2.24) is 10.2 Å². The van der Waals surface area contributed by atoms with Gasteiger partial charge in [-0.2, -0.15) is 0 Å². The molecule has 0 radical (unpaired) electrons. The fraction of sp³-hybridized carbons (Fsp3) is 0.500. The summed E-state index contributed by atoms with van der Waals surface area (Å²) in [6.45, 7) is 0.641. The molecule has 0 aromatic heterocycles. The van der Waals surface area contributed by atoms with Gasteiger partial charge in [-0.15, -0.1) is 0 Å². The number of benzene rings is 1. The molecule has 0 spiro atoms. The van der Waals surface area contributed by atoms with Crippen LogP contribution in [0.5, 0.6) is 0 Å². The molecule has 23 heavy (non-hydrogen) atoms. The average molecular weight is 343 g/mol. The molecule has 1 fully saturated rings. The first kappa shape index (κ1) is 17.7. The van der Waals surface area contributed by atoms with Gasteiger partial charge in [-0.1, -0.05) is 17.7 Å². The summed E-state index contributed by atoms with van der Waals surface area (Å²) in [6.07, 6.45) is 1.44. The lowest BCUT2D eigenvalue weighted by Crippen LogP contribution is -2.53. The van der Waals surface area contributed by atoms with Crippen molar-refractivity contribution in [2.75, 3.05) is 27.3 Å². The predicted molar refractivity (Wildman–Crippen MR) is 85.0 cm³/mol. The number of carbonyl (C=O) groups excluding carboxylic acids is 2. The Bertz CT molecular complexity index is 591. The van der Waals surface area contributed by atoms with Gasteiger partial charge in [0.2, 0.25) is 5.91 Å². The predicted octanol–water partition coefficient (Wildman–Crippen LogP) is 2.24. The highest BCUT2D eigenvalue weighted by Gasteiger charge is 2.46. The zero-order valence-electron chi connectivity index (χ0n) is 13.2. The Labute approximate surface area is 139 Å². The Hall–Kier alpha value is -1.66. The minimum atomic E-state index is -0.780. The van der Waals surface area contributed by atoms with E-state index in [1.165, 1.54) is 37.3 Å². The van der Waals surface area contributed by atoms with Crippen molar-refractivity contribution in [3.8, 4) is 0 Å². The monoisotopic (exact) mass is 342 g/mol. The first-order chi connectivity index (χ1) is 10.9. The lowest BCUT2D eigenvalue weighted by molar-refractivity contribution is -0.123. The summed E-state index contributed by atoms with van der Waals surface area (Å²) in [4.78, 5) is 26.3. The Balaban J connectivity index is 2.38. The zero-order valence-corrected chi connectivity index (χ0v) is 14.0. The molecular weight excluding hydrogens is 323 g/mol. The van der Waals surface area contributed by atoms with Crippen LogP contribution in [-0.2, 0) is 9.53 Å². The summed E-state index contributed by atoms with van der Waals surface area (Å²) in [5.74, 6) is -1.37. The molecule has 2 rings (SSSR count). The number of hydrogen-bond acceptors (Lipinski definition) is 3. The molecule has 1 N–H and O–H groups in total. The maximum Gasteiger partial charge on any atom is 0.258 e. The standard InChI is InChI=1S/C16H20ClFN2O3/c1-19-13(21)9-16(10-23-2)7-4-8-20(16)15(22)14-11(17)5-3-6-12(14)18/h3,5-6H,4,7-10H2,1-2H3,(H,19,21)/t16-/m0/s1. The highest BCUT2D eigenvalue weighted by atomic mass is 35.5. The van der Waals surface area contributed by atoms with Gasteiger partial charge in [0.15, 0.2) is 0 Å². The quantitative estimate of drug-likeness (QED) is 0.892. The van der Waals surface area contributed by atoms with Crippen LogP contribution in [0.3, 0.4) is 0 Å². The number of methoxy groups -OCH3 is 1. The van der Waals surface area contributed by atoms with Crippen LogP contribution < -0.4 is 5.32 Å². The molecule has 1 aliphatic rings. The lowest BCUT2D eigenvalue weighted by atomic mass is 9.91. The van der Waals surface area contributed by atoms with E-state index in [4.69, 9.17) is 16.3 Å². The second-order valence-electron chi connectivity index (χ2n) is 5.66. The van der Waals surface area contributed by atoms with E-state index < -0.39 is 17.3 Å². The second-order valence-corrected chi connectivity index (χ2v) is 6.07. The molecule has 1 aliphatic heterocycles. The summed E-state index contributed by atoms with van der Waals surface area (Å²) >= 11 is 6.01. The Kier molecular flexibility index (Phi) is 5.59. The van der Waals surface area contributed by atoms with E-state index in [1.807, 2.05) is 0 Å². The summed E-state index contributed by atoms with van der Waals surface area (Å²) in [5.41, 5.74) is -0.939. The molecule has 1 atom stereocenters. The van der Waals surface area contributed by atoms with Gasteiger partial charge in [-0.05, 0) is 25.0 Å². The number of amides is 2. The normalized spacial score (nSPS) is 20.6. The SMILES string of the molecule is CNC(=O)C[C@]1(COC)CCCN1C(=O)c1c(F)cccc1Cl. The molecule has 0 aliphatic carbocycles. The Morgan fingerprint density at radius 1 is 1.48 bits per heavy atom. The van der Waals surface area contributed by atoms with Crippen molar-refractivity contribution >= 4 is 23.4 Å². The molecular formula is C16H20ClFN2O3. The minimum absolute atomic E-state index is 0.0631. The van der Waals surface area contributed by atoms with Gasteiger partial charge in [0.25, 0.3) is 5.91 Å². The Morgan fingerprint density at radius 3 is 2.83 bits per heavy atom. The van der Waals surface area contributed by atoms with E-state index in [2.05, 4.69) is 5.32 Å². The molecule has 1 aromatic carbocycles. The first-order valence-corrected chi connectivity index (χ1v) is 7.78. The molecule has 7 heteroatoms. The third kappa shape index (κ3) is 3.48. The largest absolute Gasteiger partial charge is 0.382 e. The van der Waals surface area contributed by atoms with Crippen LogP contribution in [0.15, 0.2) is 18.2 Å². The molecule has 1 heterocycles. The molecule has 0 saturated carbocycles. The van der Waals surface area contributed by atoms with E-state index in [1.54, 1.807) is 0 Å². The molecule has 126 valence electrons. The van der Waals surface area contributed by atoms with Gasteiger partial charge in [0, 0.05) is 20.7 Å². The van der Waals surface area contributed by atoms with Crippen LogP contribution in [-0.4, -0.2) is 49.6 Å². The van der Waals surface area contributed by atoms with Crippen molar-refractivity contribution in [3.63, 3.8) is 0 Å². The van der Waals surface area contributed by atoms with Crippen LogP contribution in [0, 0.1) is 5.82 Å². The second kappa shape index (κ2) is 7.27. The van der Waals surface area contributed by atoms with Gasteiger partial charge in [0.05, 0.1) is 29.2 Å². The molecule has 0 bridgehead atoms. The summed E-state index contributed by atoms with van der Waals surface area (Å²) in [7, 11) is 3.06.